The molecule has 0 saturated heterocycles. The van der Waals surface area contributed by atoms with Gasteiger partial charge in [-0.1, -0.05) is 38.1 Å². The summed E-state index contributed by atoms with van der Waals surface area (Å²) in [6.45, 7) is 6.62. The van der Waals surface area contributed by atoms with Gasteiger partial charge in [-0.05, 0) is 59.1 Å². The van der Waals surface area contributed by atoms with Crippen LogP contribution >= 0.6 is 0 Å². The summed E-state index contributed by atoms with van der Waals surface area (Å²) in [5, 5.41) is 13.0. The van der Waals surface area contributed by atoms with Gasteiger partial charge < -0.3 is 20.5 Å². The summed E-state index contributed by atoms with van der Waals surface area (Å²) in [4.78, 5) is 20.5. The first kappa shape index (κ1) is 27.7. The second-order valence-electron chi connectivity index (χ2n) is 9.71. The van der Waals surface area contributed by atoms with Crippen molar-refractivity contribution in [1.82, 2.24) is 14.4 Å². The van der Waals surface area contributed by atoms with Crippen LogP contribution in [-0.2, 0) is 13.6 Å². The zero-order valence-electron chi connectivity index (χ0n) is 23.4. The number of hydrogen-bond donors (Lipinski definition) is 2. The van der Waals surface area contributed by atoms with Gasteiger partial charge in [-0.25, -0.2) is 4.99 Å². The monoisotopic (exact) mass is 523 g/mol. The van der Waals surface area contributed by atoms with E-state index in [0.29, 0.717) is 11.4 Å². The fraction of sp³-hybridized carbons (Fsp3) is 0.323. The predicted octanol–water partition coefficient (Wildman–Crippen LogP) is 4.55. The Labute approximate surface area is 231 Å². The number of nitrogens with one attached hydrogen (secondary N) is 1. The van der Waals surface area contributed by atoms with E-state index < -0.39 is 6.04 Å². The van der Waals surface area contributed by atoms with Crippen LogP contribution in [0.4, 0.5) is 5.82 Å². The summed E-state index contributed by atoms with van der Waals surface area (Å²) < 4.78 is 2.19. The topological polar surface area (TPSA) is 103 Å². The maximum absolute atomic E-state index is 12.2. The maximum Gasteiger partial charge on any atom is 0.253 e. The highest BCUT2D eigenvalue weighted by Gasteiger charge is 2.25. The fourth-order valence-electron chi connectivity index (χ4n) is 5.03. The van der Waals surface area contributed by atoms with Crippen molar-refractivity contribution in [3.8, 4) is 6.07 Å². The maximum atomic E-state index is 12.2. The highest BCUT2D eigenvalue weighted by atomic mass is 16.2. The van der Waals surface area contributed by atoms with Gasteiger partial charge in [-0.15, -0.1) is 0 Å². The molecule has 3 N–H and O–H groups in total. The summed E-state index contributed by atoms with van der Waals surface area (Å²) in [6.07, 6.45) is 10.8. The Morgan fingerprint density at radius 2 is 1.95 bits per heavy atom. The summed E-state index contributed by atoms with van der Waals surface area (Å²) in [5.41, 5.74) is 13.1. The fourth-order valence-corrected chi connectivity index (χ4v) is 5.03. The Morgan fingerprint density at radius 1 is 1.21 bits per heavy atom. The first-order valence-electron chi connectivity index (χ1n) is 13.4. The van der Waals surface area contributed by atoms with E-state index in [2.05, 4.69) is 45.0 Å². The van der Waals surface area contributed by atoms with Gasteiger partial charge in [0.05, 0.1) is 6.07 Å². The lowest BCUT2D eigenvalue weighted by Gasteiger charge is -2.27. The van der Waals surface area contributed by atoms with Crippen LogP contribution in [0.25, 0.3) is 11.1 Å². The normalized spacial score (nSPS) is 20.1. The highest BCUT2D eigenvalue weighted by Crippen LogP contribution is 2.36. The van der Waals surface area contributed by atoms with Crippen molar-refractivity contribution in [2.45, 2.75) is 32.9 Å². The average molecular weight is 524 g/mol. The van der Waals surface area contributed by atoms with E-state index in [0.717, 1.165) is 48.6 Å². The third-order valence-corrected chi connectivity index (χ3v) is 7.12. The smallest absolute Gasteiger partial charge is 0.253 e. The molecule has 1 amide bonds. The Balaban J connectivity index is 0.00000172. The molecule has 1 unspecified atom stereocenters. The average Bonchev–Trinajstić information content (AvgIpc) is 3.29. The van der Waals surface area contributed by atoms with Gasteiger partial charge in [0.15, 0.2) is 6.04 Å². The lowest BCUT2D eigenvalue weighted by molar-refractivity contribution is 0.0827. The molecule has 0 fully saturated rings. The number of carbonyl (C=O) groups is 1. The van der Waals surface area contributed by atoms with Crippen LogP contribution in [-0.4, -0.2) is 59.3 Å². The van der Waals surface area contributed by atoms with Gasteiger partial charge >= 0.3 is 0 Å². The molecule has 3 aliphatic rings. The van der Waals surface area contributed by atoms with Crippen molar-refractivity contribution < 1.29 is 4.79 Å². The number of nitrogens with two attached hydrogens (primary N) is 1. The van der Waals surface area contributed by atoms with E-state index in [1.54, 1.807) is 25.1 Å². The minimum Gasteiger partial charge on any atom is -0.384 e. The molecule has 3 aliphatic heterocycles. The van der Waals surface area contributed by atoms with E-state index in [-0.39, 0.29) is 5.91 Å². The van der Waals surface area contributed by atoms with Crippen molar-refractivity contribution in [3.05, 3.63) is 88.8 Å². The van der Waals surface area contributed by atoms with E-state index in [9.17, 15) is 10.1 Å². The summed E-state index contributed by atoms with van der Waals surface area (Å²) >= 11 is 0. The van der Waals surface area contributed by atoms with Gasteiger partial charge in [0.25, 0.3) is 5.91 Å². The number of hydrogen-bond acceptors (Lipinski definition) is 6. The molecule has 1 atom stereocenters. The molecule has 8 heteroatoms. The molecule has 1 aromatic heterocycles. The van der Waals surface area contributed by atoms with Crippen LogP contribution in [0.5, 0.6) is 0 Å². The van der Waals surface area contributed by atoms with Crippen LogP contribution in [0.2, 0.25) is 0 Å². The van der Waals surface area contributed by atoms with Crippen LogP contribution in [0.15, 0.2) is 71.4 Å². The molecule has 0 spiro atoms. The predicted molar refractivity (Wildman–Crippen MR) is 159 cm³/mol. The quantitative estimate of drug-likeness (QED) is 0.612. The number of benzene rings is 1. The van der Waals surface area contributed by atoms with Gasteiger partial charge in [-0.2, -0.15) is 5.26 Å². The molecule has 39 heavy (non-hydrogen) atoms. The lowest BCUT2D eigenvalue weighted by atomic mass is 9.93. The number of amidine groups is 1. The van der Waals surface area contributed by atoms with Crippen LogP contribution in [0.3, 0.4) is 0 Å². The number of amides is 1. The van der Waals surface area contributed by atoms with Gasteiger partial charge in [0, 0.05) is 63.8 Å². The van der Waals surface area contributed by atoms with Crippen LogP contribution in [0.1, 0.15) is 47.4 Å². The molecular formula is C31H37N7O. The summed E-state index contributed by atoms with van der Waals surface area (Å²) in [7, 11) is 5.60. The van der Waals surface area contributed by atoms with Crippen molar-refractivity contribution in [3.63, 3.8) is 0 Å². The number of aliphatic imine (C=N–C) groups is 1. The van der Waals surface area contributed by atoms with Crippen molar-refractivity contribution in [1.29, 1.82) is 5.26 Å². The third kappa shape index (κ3) is 5.74. The lowest BCUT2D eigenvalue weighted by Crippen LogP contribution is -2.28. The SMILES string of the molecule is CC.CN(C)C(=O)c1ccc(C2=CCN(Cc3cc4c(n3C)NC=C/C4=C3/C=CC(N)=NC3C#N)CC2)cc1. The molecule has 4 heterocycles. The number of nitrogens with zero attached hydrogens (tertiary/aromatic N) is 5. The second-order valence-corrected chi connectivity index (χ2v) is 9.71. The Kier molecular flexibility index (Phi) is 8.52. The van der Waals surface area contributed by atoms with Gasteiger partial charge in [0.2, 0.25) is 0 Å². The first-order valence-corrected chi connectivity index (χ1v) is 13.4. The number of rotatable bonds is 4. The second kappa shape index (κ2) is 12.0. The standard InChI is InChI=1S/C29H31N7O.C2H6/c1-34(2)29(37)21-6-4-19(5-7-21)20-11-14-36(15-12-20)18-22-16-25-23(10-13-32-28(25)35(22)3)24-8-9-27(31)33-26(24)17-30;1-2/h4-11,13,16,26,32H,12,14-15,18H2,1-3H3,(H2,31,33);1-2H3/b24-23+;. The highest BCUT2D eigenvalue weighted by molar-refractivity contribution is 5.97. The third-order valence-electron chi connectivity index (χ3n) is 7.12. The molecule has 8 nitrogen and oxygen atoms in total. The molecule has 5 rings (SSSR count). The zero-order chi connectivity index (χ0) is 28.1. The molecular weight excluding hydrogens is 486 g/mol. The van der Waals surface area contributed by atoms with Crippen molar-refractivity contribution >= 4 is 28.7 Å². The zero-order valence-corrected chi connectivity index (χ0v) is 23.4. The van der Waals surface area contributed by atoms with Crippen LogP contribution < -0.4 is 11.1 Å². The molecule has 2 aromatic rings. The number of carbonyl (C=O) groups excluding carboxylic acids is 1. The first-order chi connectivity index (χ1) is 18.9. The molecule has 202 valence electrons. The Bertz CT molecular complexity index is 1430. The van der Waals surface area contributed by atoms with E-state index in [1.807, 2.05) is 56.5 Å². The molecule has 0 bridgehead atoms. The molecule has 0 saturated carbocycles. The number of aromatic nitrogens is 1. The van der Waals surface area contributed by atoms with Crippen molar-refractivity contribution in [2.24, 2.45) is 17.8 Å². The number of fused-ring (bicyclic) bond motifs is 1. The summed E-state index contributed by atoms with van der Waals surface area (Å²) in [6, 6.07) is 11.8. The molecule has 0 radical (unpaired) electrons. The Morgan fingerprint density at radius 3 is 2.59 bits per heavy atom. The van der Waals surface area contributed by atoms with E-state index in [1.165, 1.54) is 16.8 Å². The summed E-state index contributed by atoms with van der Waals surface area (Å²) in [5.74, 6) is 1.40. The Hall–Kier alpha value is -4.35. The van der Waals surface area contributed by atoms with Gasteiger partial charge in [0.1, 0.15) is 11.7 Å². The number of anilines is 1. The number of dihydropyridines is 1. The minimum absolute atomic E-state index is 0.0172. The van der Waals surface area contributed by atoms with E-state index in [4.69, 9.17) is 5.73 Å². The largest absolute Gasteiger partial charge is 0.384 e. The number of nitriles is 1. The number of allylic oxidation sites excluding steroid dienone is 2. The van der Waals surface area contributed by atoms with Crippen LogP contribution in [0, 0.1) is 11.3 Å². The molecule has 1 aromatic carbocycles. The van der Waals surface area contributed by atoms with Crippen molar-refractivity contribution in [2.75, 3.05) is 32.5 Å². The van der Waals surface area contributed by atoms with E-state index >= 15 is 0 Å². The van der Waals surface area contributed by atoms with Gasteiger partial charge in [-0.3, -0.25) is 9.69 Å². The minimum atomic E-state index is -0.611. The molecule has 0 aliphatic carbocycles.